The molecule has 1 heterocycles. The van der Waals surface area contributed by atoms with Crippen LogP contribution in [0.5, 0.6) is 0 Å². The van der Waals surface area contributed by atoms with Gasteiger partial charge in [-0.15, -0.1) is 11.8 Å². The highest BCUT2D eigenvalue weighted by molar-refractivity contribution is 8.00. The average molecular weight is 368 g/mol. The van der Waals surface area contributed by atoms with Crippen LogP contribution in [0.1, 0.15) is 6.92 Å². The quantitative estimate of drug-likeness (QED) is 0.387. The molecular formula is C18H16N4O3S. The zero-order chi connectivity index (χ0) is 18.5. The number of nitro benzene ring substituents is 1. The molecule has 132 valence electrons. The molecule has 1 unspecified atom stereocenters. The number of nitrogens with zero attached hydrogens (tertiary/aromatic N) is 2. The molecule has 3 aromatic rings. The predicted octanol–water partition coefficient (Wildman–Crippen LogP) is 4.10. The van der Waals surface area contributed by atoms with Crippen LogP contribution in [0.2, 0.25) is 0 Å². The molecule has 8 heteroatoms. The number of hydrogen-bond donors (Lipinski definition) is 2. The van der Waals surface area contributed by atoms with Crippen LogP contribution >= 0.6 is 11.8 Å². The van der Waals surface area contributed by atoms with Crippen LogP contribution in [0.4, 0.5) is 11.4 Å². The van der Waals surface area contributed by atoms with Crippen molar-refractivity contribution in [2.45, 2.75) is 17.1 Å². The molecule has 3 rings (SSSR count). The van der Waals surface area contributed by atoms with E-state index in [1.807, 2.05) is 30.3 Å². The number of hydrogen-bond acceptors (Lipinski definition) is 5. The Labute approximate surface area is 154 Å². The number of carbonyl (C=O) groups excluding carboxylic acids is 1. The van der Waals surface area contributed by atoms with Crippen molar-refractivity contribution in [3.63, 3.8) is 0 Å². The first-order valence-corrected chi connectivity index (χ1v) is 8.72. The summed E-state index contributed by atoms with van der Waals surface area (Å²) in [6.07, 6.45) is 1.67. The molecule has 0 aliphatic rings. The molecule has 1 atom stereocenters. The minimum absolute atomic E-state index is 0.0297. The minimum Gasteiger partial charge on any atom is -0.325 e. The van der Waals surface area contributed by atoms with Gasteiger partial charge in [-0.1, -0.05) is 12.1 Å². The molecule has 0 fully saturated rings. The molecule has 2 N–H and O–H groups in total. The van der Waals surface area contributed by atoms with Gasteiger partial charge >= 0.3 is 0 Å². The zero-order valence-corrected chi connectivity index (χ0v) is 14.7. The number of nitrogens with one attached hydrogen (secondary N) is 2. The third-order valence-corrected chi connectivity index (χ3v) is 4.78. The van der Waals surface area contributed by atoms with E-state index in [9.17, 15) is 14.9 Å². The largest absolute Gasteiger partial charge is 0.325 e. The lowest BCUT2D eigenvalue weighted by Gasteiger charge is -2.12. The summed E-state index contributed by atoms with van der Waals surface area (Å²) in [5.74, 6) is -0.143. The number of rotatable bonds is 6. The fraction of sp³-hybridized carbons (Fsp3) is 0.111. The van der Waals surface area contributed by atoms with Gasteiger partial charge in [0.25, 0.3) is 5.69 Å². The number of thioether (sulfide) groups is 1. The minimum atomic E-state index is -0.447. The Hall–Kier alpha value is -3.13. The smallest absolute Gasteiger partial charge is 0.269 e. The Morgan fingerprint density at radius 2 is 2.00 bits per heavy atom. The summed E-state index contributed by atoms with van der Waals surface area (Å²) < 4.78 is 0. The standard InChI is InChI=1S/C18H16N4O3S/c1-12(26-16-7-5-15(6-8-16)22(24)25)18(23)20-14-4-2-3-13(11-14)17-9-10-19-21-17/h2-12H,1H3,(H,19,21)(H,20,23). The number of aromatic amines is 1. The summed E-state index contributed by atoms with van der Waals surface area (Å²) in [7, 11) is 0. The van der Waals surface area contributed by atoms with Crippen LogP contribution in [-0.4, -0.2) is 26.3 Å². The molecule has 26 heavy (non-hydrogen) atoms. The van der Waals surface area contributed by atoms with Crippen molar-refractivity contribution in [2.24, 2.45) is 0 Å². The second-order valence-electron chi connectivity index (χ2n) is 5.55. The second-order valence-corrected chi connectivity index (χ2v) is 6.97. The highest BCUT2D eigenvalue weighted by atomic mass is 32.2. The first-order chi connectivity index (χ1) is 12.5. The third kappa shape index (κ3) is 4.28. The fourth-order valence-corrected chi connectivity index (χ4v) is 3.20. The number of amides is 1. The molecule has 0 bridgehead atoms. The monoisotopic (exact) mass is 368 g/mol. The van der Waals surface area contributed by atoms with Gasteiger partial charge in [0.05, 0.1) is 15.9 Å². The first-order valence-electron chi connectivity index (χ1n) is 7.85. The lowest BCUT2D eigenvalue weighted by molar-refractivity contribution is -0.384. The van der Waals surface area contributed by atoms with Gasteiger partial charge in [-0.05, 0) is 37.3 Å². The van der Waals surface area contributed by atoms with E-state index in [4.69, 9.17) is 0 Å². The summed E-state index contributed by atoms with van der Waals surface area (Å²) >= 11 is 1.34. The Bertz CT molecular complexity index is 910. The Balaban J connectivity index is 1.64. The fourth-order valence-electron chi connectivity index (χ4n) is 2.33. The lowest BCUT2D eigenvalue weighted by Crippen LogP contribution is -2.22. The van der Waals surface area contributed by atoms with Gasteiger partial charge in [0.2, 0.25) is 5.91 Å². The Morgan fingerprint density at radius 3 is 2.65 bits per heavy atom. The van der Waals surface area contributed by atoms with Gasteiger partial charge in [-0.3, -0.25) is 20.0 Å². The van der Waals surface area contributed by atoms with Gasteiger partial charge in [0.1, 0.15) is 0 Å². The van der Waals surface area contributed by atoms with E-state index in [1.54, 1.807) is 25.3 Å². The third-order valence-electron chi connectivity index (χ3n) is 3.67. The number of non-ortho nitro benzene ring substituents is 1. The number of benzene rings is 2. The zero-order valence-electron chi connectivity index (χ0n) is 13.9. The molecule has 1 aromatic heterocycles. The topological polar surface area (TPSA) is 101 Å². The van der Waals surface area contributed by atoms with Gasteiger partial charge < -0.3 is 5.32 Å². The van der Waals surface area contributed by atoms with Crippen LogP contribution < -0.4 is 5.32 Å². The van der Waals surface area contributed by atoms with Crippen molar-refractivity contribution in [3.8, 4) is 11.3 Å². The molecule has 0 saturated heterocycles. The van der Waals surface area contributed by atoms with Crippen molar-refractivity contribution < 1.29 is 9.72 Å². The molecular weight excluding hydrogens is 352 g/mol. The van der Waals surface area contributed by atoms with Crippen molar-refractivity contribution in [3.05, 3.63) is 70.9 Å². The van der Waals surface area contributed by atoms with Crippen molar-refractivity contribution >= 4 is 29.0 Å². The van der Waals surface area contributed by atoms with E-state index < -0.39 is 4.92 Å². The Morgan fingerprint density at radius 1 is 1.23 bits per heavy atom. The van der Waals surface area contributed by atoms with Crippen LogP contribution in [0.3, 0.4) is 0 Å². The highest BCUT2D eigenvalue weighted by Gasteiger charge is 2.15. The van der Waals surface area contributed by atoms with Crippen molar-refractivity contribution in [1.82, 2.24) is 10.2 Å². The van der Waals surface area contributed by atoms with Gasteiger partial charge in [0.15, 0.2) is 0 Å². The maximum absolute atomic E-state index is 12.4. The summed E-state index contributed by atoms with van der Waals surface area (Å²) in [5.41, 5.74) is 2.52. The van der Waals surface area contributed by atoms with Gasteiger partial charge in [0, 0.05) is 34.5 Å². The average Bonchev–Trinajstić information content (AvgIpc) is 3.17. The second kappa shape index (κ2) is 7.83. The number of H-pyrrole nitrogens is 1. The van der Waals surface area contributed by atoms with Gasteiger partial charge in [-0.25, -0.2) is 0 Å². The molecule has 0 spiro atoms. The van der Waals surface area contributed by atoms with Crippen LogP contribution in [0, 0.1) is 10.1 Å². The molecule has 7 nitrogen and oxygen atoms in total. The molecule has 0 radical (unpaired) electrons. The predicted molar refractivity (Wildman–Crippen MR) is 101 cm³/mol. The van der Waals surface area contributed by atoms with Crippen LogP contribution in [0.15, 0.2) is 65.7 Å². The number of nitro groups is 1. The van der Waals surface area contributed by atoms with E-state index in [1.165, 1.54) is 23.9 Å². The summed E-state index contributed by atoms with van der Waals surface area (Å²) in [5, 5.41) is 20.0. The van der Waals surface area contributed by atoms with E-state index in [-0.39, 0.29) is 16.8 Å². The van der Waals surface area contributed by atoms with Crippen molar-refractivity contribution in [1.29, 1.82) is 0 Å². The van der Waals surface area contributed by atoms with E-state index in [0.717, 1.165) is 16.2 Å². The van der Waals surface area contributed by atoms with Gasteiger partial charge in [-0.2, -0.15) is 5.10 Å². The summed E-state index contributed by atoms with van der Waals surface area (Å²) in [6, 6.07) is 15.5. The van der Waals surface area contributed by atoms with Crippen LogP contribution in [0.25, 0.3) is 11.3 Å². The number of anilines is 1. The molecule has 0 aliphatic heterocycles. The maximum atomic E-state index is 12.4. The highest BCUT2D eigenvalue weighted by Crippen LogP contribution is 2.27. The lowest BCUT2D eigenvalue weighted by atomic mass is 10.1. The SMILES string of the molecule is CC(Sc1ccc([N+](=O)[O-])cc1)C(=O)Nc1cccc(-c2ccn[nH]2)c1. The Kier molecular flexibility index (Phi) is 5.33. The van der Waals surface area contributed by atoms with Crippen LogP contribution in [-0.2, 0) is 4.79 Å². The number of carbonyl (C=O) groups is 1. The molecule has 0 aliphatic carbocycles. The first kappa shape index (κ1) is 17.7. The molecule has 2 aromatic carbocycles. The number of aromatic nitrogens is 2. The van der Waals surface area contributed by atoms with Crippen molar-refractivity contribution in [2.75, 3.05) is 5.32 Å². The van der Waals surface area contributed by atoms with E-state index in [0.29, 0.717) is 5.69 Å². The normalized spacial score (nSPS) is 11.7. The van der Waals surface area contributed by atoms with E-state index in [2.05, 4.69) is 15.5 Å². The van der Waals surface area contributed by atoms with E-state index >= 15 is 0 Å². The molecule has 0 saturated carbocycles. The molecule has 1 amide bonds. The summed E-state index contributed by atoms with van der Waals surface area (Å²) in [4.78, 5) is 23.5. The maximum Gasteiger partial charge on any atom is 0.269 e. The summed E-state index contributed by atoms with van der Waals surface area (Å²) in [6.45, 7) is 1.79.